The zero-order valence-corrected chi connectivity index (χ0v) is 12.5. The van der Waals surface area contributed by atoms with Crippen LogP contribution in [0.4, 0.5) is 5.69 Å². The minimum absolute atomic E-state index is 0.0815. The van der Waals surface area contributed by atoms with Crippen molar-refractivity contribution in [1.82, 2.24) is 0 Å². The number of carbonyl (C=O) groups is 1. The van der Waals surface area contributed by atoms with Gasteiger partial charge in [0.1, 0.15) is 10.6 Å². The molecule has 0 spiro atoms. The molecule has 0 aliphatic heterocycles. The fourth-order valence-corrected chi connectivity index (χ4v) is 2.63. The summed E-state index contributed by atoms with van der Waals surface area (Å²) in [4.78, 5) is 11.1. The number of hydrogen-bond acceptors (Lipinski definition) is 4. The molecule has 0 fully saturated rings. The van der Waals surface area contributed by atoms with Gasteiger partial charge in [0.2, 0.25) is 5.91 Å². The molecule has 0 aliphatic rings. The van der Waals surface area contributed by atoms with E-state index in [1.807, 2.05) is 6.92 Å². The quantitative estimate of drug-likeness (QED) is 0.882. The van der Waals surface area contributed by atoms with E-state index < -0.39 is 10.1 Å². The first-order valence-corrected chi connectivity index (χ1v) is 7.66. The summed E-state index contributed by atoms with van der Waals surface area (Å²) in [5, 5.41) is 2.56. The van der Waals surface area contributed by atoms with Crippen molar-refractivity contribution in [3.05, 3.63) is 54.1 Å². The first-order chi connectivity index (χ1) is 9.87. The molecule has 0 aromatic heterocycles. The molecule has 0 saturated carbocycles. The summed E-state index contributed by atoms with van der Waals surface area (Å²) in [6, 6.07) is 12.6. The zero-order valence-electron chi connectivity index (χ0n) is 11.7. The summed E-state index contributed by atoms with van der Waals surface area (Å²) in [6.45, 7) is 3.24. The summed E-state index contributed by atoms with van der Waals surface area (Å²) in [5.41, 5.74) is 1.43. The average molecular weight is 305 g/mol. The summed E-state index contributed by atoms with van der Waals surface area (Å²) in [5.74, 6) is -0.102. The van der Waals surface area contributed by atoms with E-state index in [4.69, 9.17) is 4.18 Å². The minimum Gasteiger partial charge on any atom is -0.379 e. The van der Waals surface area contributed by atoms with Crippen LogP contribution < -0.4 is 9.50 Å². The molecule has 0 bridgehead atoms. The van der Waals surface area contributed by atoms with Crippen LogP contribution in [0.5, 0.6) is 5.75 Å². The lowest BCUT2D eigenvalue weighted by molar-refractivity contribution is -0.114. The number of nitrogens with one attached hydrogen (secondary N) is 1. The number of carbonyl (C=O) groups excluding carboxylic acids is 1. The van der Waals surface area contributed by atoms with Crippen LogP contribution in [0, 0.1) is 6.92 Å². The number of aryl methyl sites for hydroxylation is 1. The predicted molar refractivity (Wildman–Crippen MR) is 79.7 cm³/mol. The van der Waals surface area contributed by atoms with Crippen LogP contribution in [0.25, 0.3) is 0 Å². The van der Waals surface area contributed by atoms with Crippen molar-refractivity contribution in [3.63, 3.8) is 0 Å². The van der Waals surface area contributed by atoms with Crippen LogP contribution in [-0.2, 0) is 14.9 Å². The molecule has 2 rings (SSSR count). The second-order valence-electron chi connectivity index (χ2n) is 4.56. The molecule has 0 aliphatic carbocycles. The van der Waals surface area contributed by atoms with Gasteiger partial charge in [-0.25, -0.2) is 0 Å². The molecule has 0 atom stereocenters. The third kappa shape index (κ3) is 4.06. The normalized spacial score (nSPS) is 11.0. The van der Waals surface area contributed by atoms with Crippen molar-refractivity contribution in [3.8, 4) is 5.75 Å². The van der Waals surface area contributed by atoms with Gasteiger partial charge in [0, 0.05) is 18.7 Å². The molecular formula is C15H15NO4S. The summed E-state index contributed by atoms with van der Waals surface area (Å²) in [7, 11) is -3.89. The topological polar surface area (TPSA) is 72.5 Å². The highest BCUT2D eigenvalue weighted by molar-refractivity contribution is 7.87. The smallest absolute Gasteiger partial charge is 0.339 e. The first kappa shape index (κ1) is 15.1. The Bertz CT molecular complexity index is 751. The first-order valence-electron chi connectivity index (χ1n) is 6.26. The van der Waals surface area contributed by atoms with Crippen LogP contribution in [0.1, 0.15) is 12.5 Å². The highest BCUT2D eigenvalue weighted by Crippen LogP contribution is 2.22. The van der Waals surface area contributed by atoms with E-state index in [-0.39, 0.29) is 16.6 Å². The lowest BCUT2D eigenvalue weighted by atomic mass is 10.2. The Kier molecular flexibility index (Phi) is 4.28. The number of benzene rings is 2. The molecular weight excluding hydrogens is 290 g/mol. The molecule has 110 valence electrons. The lowest BCUT2D eigenvalue weighted by Crippen LogP contribution is -2.10. The molecule has 0 unspecified atom stereocenters. The van der Waals surface area contributed by atoms with Crippen molar-refractivity contribution < 1.29 is 17.4 Å². The van der Waals surface area contributed by atoms with Gasteiger partial charge in [-0.2, -0.15) is 8.42 Å². The number of anilines is 1. The third-order valence-electron chi connectivity index (χ3n) is 2.67. The van der Waals surface area contributed by atoms with Crippen LogP contribution in [0.2, 0.25) is 0 Å². The SMILES string of the molecule is CC(=O)Nc1cccc(OS(=O)(=O)c2ccc(C)cc2)c1. The standard InChI is InChI=1S/C15H15NO4S/c1-11-6-8-15(9-7-11)21(18,19)20-14-5-3-4-13(10-14)16-12(2)17/h3-10H,1-2H3,(H,16,17). The maximum absolute atomic E-state index is 12.1. The molecule has 5 nitrogen and oxygen atoms in total. The fourth-order valence-electron chi connectivity index (χ4n) is 1.71. The van der Waals surface area contributed by atoms with Gasteiger partial charge in [0.25, 0.3) is 0 Å². The van der Waals surface area contributed by atoms with E-state index in [1.54, 1.807) is 24.3 Å². The monoisotopic (exact) mass is 305 g/mol. The van der Waals surface area contributed by atoms with Gasteiger partial charge in [-0.3, -0.25) is 4.79 Å². The maximum atomic E-state index is 12.1. The molecule has 2 aromatic rings. The number of rotatable bonds is 4. The van der Waals surface area contributed by atoms with Crippen molar-refractivity contribution in [2.24, 2.45) is 0 Å². The summed E-state index contributed by atoms with van der Waals surface area (Å²) < 4.78 is 29.3. The molecule has 0 radical (unpaired) electrons. The van der Waals surface area contributed by atoms with Gasteiger partial charge in [0.05, 0.1) is 0 Å². The molecule has 1 N–H and O–H groups in total. The Labute approximate surface area is 123 Å². The van der Waals surface area contributed by atoms with E-state index in [1.165, 1.54) is 31.2 Å². The van der Waals surface area contributed by atoms with E-state index in [9.17, 15) is 13.2 Å². The van der Waals surface area contributed by atoms with Crippen molar-refractivity contribution in [2.75, 3.05) is 5.32 Å². The fraction of sp³-hybridized carbons (Fsp3) is 0.133. The molecule has 2 aromatic carbocycles. The van der Waals surface area contributed by atoms with Crippen molar-refractivity contribution in [2.45, 2.75) is 18.7 Å². The highest BCUT2D eigenvalue weighted by Gasteiger charge is 2.16. The van der Waals surface area contributed by atoms with Gasteiger partial charge in [-0.05, 0) is 31.2 Å². The van der Waals surface area contributed by atoms with E-state index in [0.717, 1.165) is 5.56 Å². The second kappa shape index (κ2) is 5.97. The molecule has 6 heteroatoms. The largest absolute Gasteiger partial charge is 0.379 e. The number of amides is 1. The average Bonchev–Trinajstić information content (AvgIpc) is 2.38. The van der Waals surface area contributed by atoms with Crippen LogP contribution in [-0.4, -0.2) is 14.3 Å². The Morgan fingerprint density at radius 3 is 2.38 bits per heavy atom. The third-order valence-corrected chi connectivity index (χ3v) is 3.93. The van der Waals surface area contributed by atoms with E-state index in [2.05, 4.69) is 5.32 Å². The Morgan fingerprint density at radius 2 is 1.76 bits per heavy atom. The summed E-state index contributed by atoms with van der Waals surface area (Å²) >= 11 is 0. The van der Waals surface area contributed by atoms with Gasteiger partial charge in [-0.1, -0.05) is 23.8 Å². The number of hydrogen-bond donors (Lipinski definition) is 1. The van der Waals surface area contributed by atoms with Gasteiger partial charge in [-0.15, -0.1) is 0 Å². The maximum Gasteiger partial charge on any atom is 0.339 e. The van der Waals surface area contributed by atoms with Crippen molar-refractivity contribution >= 4 is 21.7 Å². The Hall–Kier alpha value is -2.34. The lowest BCUT2D eigenvalue weighted by Gasteiger charge is -2.09. The molecule has 21 heavy (non-hydrogen) atoms. The molecule has 0 saturated heterocycles. The highest BCUT2D eigenvalue weighted by atomic mass is 32.2. The van der Waals surface area contributed by atoms with Crippen molar-refractivity contribution in [1.29, 1.82) is 0 Å². The van der Waals surface area contributed by atoms with Crippen LogP contribution in [0.3, 0.4) is 0 Å². The summed E-state index contributed by atoms with van der Waals surface area (Å²) in [6.07, 6.45) is 0. The molecule has 1 amide bonds. The minimum atomic E-state index is -3.89. The van der Waals surface area contributed by atoms with Crippen LogP contribution >= 0.6 is 0 Å². The van der Waals surface area contributed by atoms with Gasteiger partial charge in [0.15, 0.2) is 0 Å². The van der Waals surface area contributed by atoms with Crippen LogP contribution in [0.15, 0.2) is 53.4 Å². The van der Waals surface area contributed by atoms with Gasteiger partial charge < -0.3 is 9.50 Å². The van der Waals surface area contributed by atoms with E-state index in [0.29, 0.717) is 5.69 Å². The Morgan fingerprint density at radius 1 is 1.10 bits per heavy atom. The second-order valence-corrected chi connectivity index (χ2v) is 6.11. The van der Waals surface area contributed by atoms with E-state index >= 15 is 0 Å². The molecule has 0 heterocycles. The predicted octanol–water partition coefficient (Wildman–Crippen LogP) is 2.72. The zero-order chi connectivity index (χ0) is 15.5. The Balaban J connectivity index is 2.24. The van der Waals surface area contributed by atoms with Gasteiger partial charge >= 0.3 is 10.1 Å².